The Balaban J connectivity index is 2.40. The van der Waals surface area contributed by atoms with Gasteiger partial charge in [0.15, 0.2) is 11.5 Å². The van der Waals surface area contributed by atoms with Crippen molar-refractivity contribution in [2.45, 2.75) is 44.0 Å². The predicted octanol–water partition coefficient (Wildman–Crippen LogP) is 1.52. The lowest BCUT2D eigenvalue weighted by molar-refractivity contribution is 0.174. The maximum atomic E-state index is 12.7. The van der Waals surface area contributed by atoms with Crippen LogP contribution in [0.25, 0.3) is 0 Å². The van der Waals surface area contributed by atoms with Crippen LogP contribution >= 0.6 is 0 Å². The number of ether oxygens (including phenoxy) is 2. The van der Waals surface area contributed by atoms with Gasteiger partial charge in [0.1, 0.15) is 0 Å². The molecule has 1 aromatic rings. The van der Waals surface area contributed by atoms with Crippen molar-refractivity contribution < 1.29 is 17.9 Å². The molecule has 0 atom stereocenters. The molecular weight excluding hydrogens is 292 g/mol. The highest BCUT2D eigenvalue weighted by molar-refractivity contribution is 7.89. The summed E-state index contributed by atoms with van der Waals surface area (Å²) in [6.45, 7) is 5.94. The highest BCUT2D eigenvalue weighted by atomic mass is 32.2. The Hall–Kier alpha value is -1.31. The lowest BCUT2D eigenvalue weighted by Gasteiger charge is -2.31. The van der Waals surface area contributed by atoms with E-state index in [9.17, 15) is 8.42 Å². The second-order valence-electron chi connectivity index (χ2n) is 5.27. The van der Waals surface area contributed by atoms with Crippen molar-refractivity contribution >= 4 is 10.0 Å². The van der Waals surface area contributed by atoms with Crippen molar-refractivity contribution in [3.63, 3.8) is 0 Å². The highest BCUT2D eigenvalue weighted by Gasteiger charge is 2.32. The van der Waals surface area contributed by atoms with Gasteiger partial charge in [0, 0.05) is 18.2 Å². The molecule has 1 aromatic carbocycles. The molecule has 0 aromatic heterocycles. The summed E-state index contributed by atoms with van der Waals surface area (Å²) in [5.74, 6) is 1.02. The minimum atomic E-state index is -3.67. The molecule has 0 spiro atoms. The van der Waals surface area contributed by atoms with Crippen molar-refractivity contribution in [2.75, 3.05) is 13.3 Å². The third-order valence-corrected chi connectivity index (χ3v) is 5.78. The van der Waals surface area contributed by atoms with E-state index in [1.807, 2.05) is 13.8 Å². The molecule has 6 nitrogen and oxygen atoms in total. The molecule has 0 saturated carbocycles. The fourth-order valence-corrected chi connectivity index (χ4v) is 4.18. The minimum absolute atomic E-state index is 0.113. The minimum Gasteiger partial charge on any atom is -0.454 e. The van der Waals surface area contributed by atoms with E-state index in [1.54, 1.807) is 13.0 Å². The van der Waals surface area contributed by atoms with Crippen LogP contribution in [0.15, 0.2) is 17.0 Å². The van der Waals surface area contributed by atoms with Crippen LogP contribution < -0.4 is 19.9 Å². The van der Waals surface area contributed by atoms with Crippen molar-refractivity contribution in [1.82, 2.24) is 4.72 Å². The molecule has 1 aliphatic heterocycles. The first-order chi connectivity index (χ1) is 9.87. The smallest absolute Gasteiger partial charge is 0.241 e. The number of sulfonamides is 1. The second-order valence-corrected chi connectivity index (χ2v) is 6.92. The van der Waals surface area contributed by atoms with Crippen molar-refractivity contribution in [1.29, 1.82) is 0 Å². The number of nitrogens with two attached hydrogens (primary N) is 1. The van der Waals surface area contributed by atoms with Crippen LogP contribution in [-0.2, 0) is 10.0 Å². The van der Waals surface area contributed by atoms with E-state index in [1.165, 1.54) is 6.07 Å². The van der Waals surface area contributed by atoms with Gasteiger partial charge in [-0.3, -0.25) is 0 Å². The van der Waals surface area contributed by atoms with E-state index in [2.05, 4.69) is 4.72 Å². The standard InChI is InChI=1S/C14H22N2O4S/c1-4-14(5-2,8-15)16-21(17,18)13-7-12-11(6-10(13)3)19-9-20-12/h6-7,16H,4-5,8-9,15H2,1-3H3. The van der Waals surface area contributed by atoms with E-state index < -0.39 is 15.6 Å². The summed E-state index contributed by atoms with van der Waals surface area (Å²) in [6, 6.07) is 3.19. The summed E-state index contributed by atoms with van der Waals surface area (Å²) in [5, 5.41) is 0. The Bertz CT molecular complexity index is 616. The fourth-order valence-electron chi connectivity index (χ4n) is 2.38. The summed E-state index contributed by atoms with van der Waals surface area (Å²) in [7, 11) is -3.67. The van der Waals surface area contributed by atoms with Gasteiger partial charge in [0.25, 0.3) is 0 Å². The molecule has 0 fully saturated rings. The van der Waals surface area contributed by atoms with Crippen molar-refractivity contribution in [3.05, 3.63) is 17.7 Å². The molecule has 2 rings (SSSR count). The number of aryl methyl sites for hydroxylation is 1. The predicted molar refractivity (Wildman–Crippen MR) is 80.0 cm³/mol. The molecule has 0 saturated heterocycles. The average molecular weight is 314 g/mol. The van der Waals surface area contributed by atoms with Gasteiger partial charge < -0.3 is 15.2 Å². The third-order valence-electron chi connectivity index (χ3n) is 4.05. The molecule has 0 aliphatic carbocycles. The van der Waals surface area contributed by atoms with Crippen LogP contribution in [0.5, 0.6) is 11.5 Å². The second kappa shape index (κ2) is 5.82. The number of benzene rings is 1. The Morgan fingerprint density at radius 3 is 2.33 bits per heavy atom. The maximum absolute atomic E-state index is 12.7. The summed E-state index contributed by atoms with van der Waals surface area (Å²) in [5.41, 5.74) is 5.76. The quantitative estimate of drug-likeness (QED) is 0.831. The van der Waals surface area contributed by atoms with Crippen molar-refractivity contribution in [3.8, 4) is 11.5 Å². The lowest BCUT2D eigenvalue weighted by Crippen LogP contribution is -2.52. The normalized spacial score (nSPS) is 14.5. The molecule has 0 amide bonds. The van der Waals surface area contributed by atoms with Crippen LogP contribution in [0.2, 0.25) is 0 Å². The van der Waals surface area contributed by atoms with E-state index in [0.29, 0.717) is 29.9 Å². The number of hydrogen-bond acceptors (Lipinski definition) is 5. The summed E-state index contributed by atoms with van der Waals surface area (Å²) >= 11 is 0. The maximum Gasteiger partial charge on any atom is 0.241 e. The fraction of sp³-hybridized carbons (Fsp3) is 0.571. The molecule has 1 aliphatic rings. The monoisotopic (exact) mass is 314 g/mol. The third kappa shape index (κ3) is 3.00. The van der Waals surface area contributed by atoms with E-state index in [0.717, 1.165) is 0 Å². The Kier molecular flexibility index (Phi) is 4.46. The zero-order chi connectivity index (χ0) is 15.7. The van der Waals surface area contributed by atoms with Crippen LogP contribution in [0.1, 0.15) is 32.3 Å². The molecule has 21 heavy (non-hydrogen) atoms. The molecule has 118 valence electrons. The first-order valence-electron chi connectivity index (χ1n) is 7.02. The lowest BCUT2D eigenvalue weighted by atomic mass is 9.95. The molecule has 0 unspecified atom stereocenters. The Morgan fingerprint density at radius 2 is 1.81 bits per heavy atom. The molecular formula is C14H22N2O4S. The SMILES string of the molecule is CCC(CC)(CN)NS(=O)(=O)c1cc2c(cc1C)OCO2. The van der Waals surface area contributed by atoms with Crippen molar-refractivity contribution in [2.24, 2.45) is 5.73 Å². The van der Waals surface area contributed by atoms with Gasteiger partial charge in [0.05, 0.1) is 4.90 Å². The zero-order valence-electron chi connectivity index (χ0n) is 12.6. The topological polar surface area (TPSA) is 90.7 Å². The summed E-state index contributed by atoms with van der Waals surface area (Å²) in [6.07, 6.45) is 1.26. The van der Waals surface area contributed by atoms with Crippen LogP contribution in [-0.4, -0.2) is 27.3 Å². The van der Waals surface area contributed by atoms with E-state index >= 15 is 0 Å². The van der Waals surface area contributed by atoms with Gasteiger partial charge in [-0.05, 0) is 31.4 Å². The van der Waals surface area contributed by atoms with Gasteiger partial charge in [0.2, 0.25) is 16.8 Å². The van der Waals surface area contributed by atoms with E-state index in [4.69, 9.17) is 15.2 Å². The van der Waals surface area contributed by atoms with Crippen LogP contribution in [0.4, 0.5) is 0 Å². The summed E-state index contributed by atoms with van der Waals surface area (Å²) < 4.78 is 38.6. The molecule has 3 N–H and O–H groups in total. The summed E-state index contributed by atoms with van der Waals surface area (Å²) in [4.78, 5) is 0.200. The van der Waals surface area contributed by atoms with Gasteiger partial charge >= 0.3 is 0 Å². The highest BCUT2D eigenvalue weighted by Crippen LogP contribution is 2.36. The van der Waals surface area contributed by atoms with E-state index in [-0.39, 0.29) is 18.2 Å². The largest absolute Gasteiger partial charge is 0.454 e. The number of rotatable bonds is 6. The van der Waals surface area contributed by atoms with Gasteiger partial charge in [-0.25, -0.2) is 13.1 Å². The van der Waals surface area contributed by atoms with Gasteiger partial charge in [-0.15, -0.1) is 0 Å². The van der Waals surface area contributed by atoms with Crippen LogP contribution in [0.3, 0.4) is 0 Å². The van der Waals surface area contributed by atoms with Crippen LogP contribution in [0, 0.1) is 6.92 Å². The molecule has 1 heterocycles. The van der Waals surface area contributed by atoms with Gasteiger partial charge in [-0.1, -0.05) is 13.8 Å². The zero-order valence-corrected chi connectivity index (χ0v) is 13.4. The number of fused-ring (bicyclic) bond motifs is 1. The Morgan fingerprint density at radius 1 is 1.24 bits per heavy atom. The number of hydrogen-bond donors (Lipinski definition) is 2. The average Bonchev–Trinajstić information content (AvgIpc) is 2.91. The van der Waals surface area contributed by atoms with Gasteiger partial charge in [-0.2, -0.15) is 0 Å². The number of nitrogens with one attached hydrogen (secondary N) is 1. The Labute approximate surface area is 125 Å². The molecule has 0 radical (unpaired) electrons. The first kappa shape index (κ1) is 16.1. The molecule has 0 bridgehead atoms. The first-order valence-corrected chi connectivity index (χ1v) is 8.50. The molecule has 7 heteroatoms.